The van der Waals surface area contributed by atoms with Gasteiger partial charge in [0.15, 0.2) is 5.06 Å². The normalized spacial score (nSPS) is 31.0. The number of hydrogen-bond acceptors (Lipinski definition) is 8. The number of aliphatic hydroxyl groups is 4. The van der Waals surface area contributed by atoms with E-state index in [4.69, 9.17) is 14.6 Å². The summed E-state index contributed by atoms with van der Waals surface area (Å²) in [5, 5.41) is 39.2. The molecule has 25 heavy (non-hydrogen) atoms. The third kappa shape index (κ3) is 4.37. The molecule has 1 unspecified atom stereocenters. The molecule has 140 valence electrons. The van der Waals surface area contributed by atoms with Gasteiger partial charge in [-0.2, -0.15) is 13.2 Å². The van der Waals surface area contributed by atoms with E-state index in [0.29, 0.717) is 6.08 Å². The molecule has 2 rings (SSSR count). The highest BCUT2D eigenvalue weighted by Crippen LogP contribution is 2.38. The third-order valence-electron chi connectivity index (χ3n) is 3.51. The first-order valence-electron chi connectivity index (χ1n) is 6.97. The number of hydrogen-bond donors (Lipinski definition) is 4. The Bertz CT molecular complexity index is 628. The average molecular weight is 384 g/mol. The number of aliphatic hydroxyl groups excluding tert-OH is 4. The summed E-state index contributed by atoms with van der Waals surface area (Å²) in [5.74, 6) is 0. The standard InChI is InChI=1S/C14H15F3O7S/c15-14(16,17)7(1-2-18)6-3-9(25-5-6)24-13-12(22)11(21)10(20)8(4-19)23-13/h1-3,5,8,10-13,19-22H,4H2/t8-,10+,11+,12-,13?/m1/s1. The Balaban J connectivity index is 2.18. The van der Waals surface area contributed by atoms with Crippen LogP contribution in [0.25, 0.3) is 5.57 Å². The molecule has 1 aliphatic heterocycles. The van der Waals surface area contributed by atoms with Gasteiger partial charge in [-0.25, -0.2) is 0 Å². The maximum Gasteiger partial charge on any atom is 0.417 e. The Morgan fingerprint density at radius 1 is 1.28 bits per heavy atom. The second kappa shape index (κ2) is 7.81. The van der Waals surface area contributed by atoms with E-state index in [-0.39, 0.29) is 16.9 Å². The van der Waals surface area contributed by atoms with Gasteiger partial charge in [0.1, 0.15) is 30.7 Å². The van der Waals surface area contributed by atoms with Crippen LogP contribution in [0.4, 0.5) is 13.2 Å². The SMILES string of the molecule is O=CC=C(c1csc(OC2O[C@H](CO)[C@H](O)[C@H](O)[C@H]2O)c1)C(F)(F)F. The smallest absolute Gasteiger partial charge is 0.417 e. The predicted octanol–water partition coefficient (Wildman–Crippen LogP) is 0.0714. The monoisotopic (exact) mass is 384 g/mol. The summed E-state index contributed by atoms with van der Waals surface area (Å²) in [6.07, 6.45) is -12.0. The highest BCUT2D eigenvalue weighted by atomic mass is 32.1. The van der Waals surface area contributed by atoms with E-state index in [0.717, 1.165) is 22.8 Å². The van der Waals surface area contributed by atoms with Gasteiger partial charge in [0, 0.05) is 10.9 Å². The van der Waals surface area contributed by atoms with Crippen LogP contribution in [0.5, 0.6) is 5.06 Å². The van der Waals surface area contributed by atoms with Gasteiger partial charge in [0.25, 0.3) is 0 Å². The van der Waals surface area contributed by atoms with Crippen LogP contribution < -0.4 is 4.74 Å². The van der Waals surface area contributed by atoms with Gasteiger partial charge < -0.3 is 29.9 Å². The van der Waals surface area contributed by atoms with Crippen molar-refractivity contribution in [2.24, 2.45) is 0 Å². The second-order valence-corrected chi connectivity index (χ2v) is 6.06. The molecule has 11 heteroatoms. The molecular formula is C14H15F3O7S. The first kappa shape index (κ1) is 19.8. The highest BCUT2D eigenvalue weighted by molar-refractivity contribution is 7.12. The fourth-order valence-corrected chi connectivity index (χ4v) is 3.00. The number of allylic oxidation sites excluding steroid dienone is 2. The van der Waals surface area contributed by atoms with Crippen molar-refractivity contribution in [1.82, 2.24) is 0 Å². The maximum absolute atomic E-state index is 12.9. The van der Waals surface area contributed by atoms with E-state index in [2.05, 4.69) is 0 Å². The third-order valence-corrected chi connectivity index (χ3v) is 4.33. The lowest BCUT2D eigenvalue weighted by atomic mass is 9.99. The van der Waals surface area contributed by atoms with Gasteiger partial charge in [-0.05, 0) is 12.1 Å². The molecule has 1 saturated heterocycles. The van der Waals surface area contributed by atoms with Crippen molar-refractivity contribution in [3.63, 3.8) is 0 Å². The minimum Gasteiger partial charge on any atom is -0.452 e. The van der Waals surface area contributed by atoms with E-state index in [1.807, 2.05) is 0 Å². The Kier molecular flexibility index (Phi) is 6.19. The van der Waals surface area contributed by atoms with Crippen molar-refractivity contribution in [2.75, 3.05) is 6.61 Å². The van der Waals surface area contributed by atoms with E-state index in [1.165, 1.54) is 0 Å². The minimum absolute atomic E-state index is 0.0125. The zero-order valence-electron chi connectivity index (χ0n) is 12.5. The quantitative estimate of drug-likeness (QED) is 0.419. The van der Waals surface area contributed by atoms with Crippen LogP contribution in [0.15, 0.2) is 17.5 Å². The van der Waals surface area contributed by atoms with Crippen LogP contribution in [0.3, 0.4) is 0 Å². The van der Waals surface area contributed by atoms with Crippen molar-refractivity contribution in [3.05, 3.63) is 23.1 Å². The van der Waals surface area contributed by atoms with Crippen LogP contribution in [0.2, 0.25) is 0 Å². The van der Waals surface area contributed by atoms with Crippen LogP contribution >= 0.6 is 11.3 Å². The Morgan fingerprint density at radius 3 is 2.52 bits per heavy atom. The van der Waals surface area contributed by atoms with Crippen molar-refractivity contribution in [1.29, 1.82) is 0 Å². The van der Waals surface area contributed by atoms with Crippen LogP contribution in [-0.4, -0.2) is 70.2 Å². The summed E-state index contributed by atoms with van der Waals surface area (Å²) < 4.78 is 49.0. The fraction of sp³-hybridized carbons (Fsp3) is 0.500. The molecule has 1 aliphatic rings. The lowest BCUT2D eigenvalue weighted by Gasteiger charge is -2.39. The largest absolute Gasteiger partial charge is 0.452 e. The van der Waals surface area contributed by atoms with Crippen molar-refractivity contribution < 1.29 is 47.9 Å². The molecule has 0 spiro atoms. The molecule has 5 atom stereocenters. The van der Waals surface area contributed by atoms with Gasteiger partial charge >= 0.3 is 6.18 Å². The van der Waals surface area contributed by atoms with E-state index < -0.39 is 49.1 Å². The van der Waals surface area contributed by atoms with E-state index in [9.17, 15) is 33.3 Å². The number of halogens is 3. The second-order valence-electron chi connectivity index (χ2n) is 5.18. The molecular weight excluding hydrogens is 369 g/mol. The van der Waals surface area contributed by atoms with Gasteiger partial charge in [0.2, 0.25) is 6.29 Å². The summed E-state index contributed by atoms with van der Waals surface area (Å²) in [6, 6.07) is 0.995. The Labute approximate surface area is 143 Å². The molecule has 0 aliphatic carbocycles. The number of carbonyl (C=O) groups excluding carboxylic acids is 1. The van der Waals surface area contributed by atoms with E-state index >= 15 is 0 Å². The lowest BCUT2D eigenvalue weighted by molar-refractivity contribution is -0.276. The van der Waals surface area contributed by atoms with Crippen LogP contribution in [0, 0.1) is 0 Å². The number of aldehydes is 1. The van der Waals surface area contributed by atoms with Crippen molar-refractivity contribution in [3.8, 4) is 5.06 Å². The molecule has 4 N–H and O–H groups in total. The zero-order valence-corrected chi connectivity index (χ0v) is 13.3. The van der Waals surface area contributed by atoms with Crippen LogP contribution in [0.1, 0.15) is 5.56 Å². The molecule has 1 aromatic heterocycles. The molecule has 0 radical (unpaired) electrons. The summed E-state index contributed by atoms with van der Waals surface area (Å²) in [4.78, 5) is 10.4. The Morgan fingerprint density at radius 2 is 1.96 bits per heavy atom. The molecule has 2 heterocycles. The van der Waals surface area contributed by atoms with Crippen molar-refractivity contribution >= 4 is 23.2 Å². The highest BCUT2D eigenvalue weighted by Gasteiger charge is 2.45. The molecule has 1 aromatic rings. The average Bonchev–Trinajstić information content (AvgIpc) is 3.00. The molecule has 0 aromatic carbocycles. The first-order chi connectivity index (χ1) is 11.7. The number of alkyl halides is 3. The van der Waals surface area contributed by atoms with Crippen molar-refractivity contribution in [2.45, 2.75) is 36.9 Å². The van der Waals surface area contributed by atoms with Gasteiger partial charge in [-0.3, -0.25) is 4.79 Å². The maximum atomic E-state index is 12.9. The fourth-order valence-electron chi connectivity index (χ4n) is 2.22. The number of ether oxygens (including phenoxy) is 2. The van der Waals surface area contributed by atoms with Crippen LogP contribution in [-0.2, 0) is 9.53 Å². The molecule has 0 saturated carbocycles. The molecule has 0 bridgehead atoms. The summed E-state index contributed by atoms with van der Waals surface area (Å²) in [5.41, 5.74) is -1.48. The van der Waals surface area contributed by atoms with E-state index in [1.54, 1.807) is 0 Å². The zero-order chi connectivity index (χ0) is 18.8. The minimum atomic E-state index is -4.75. The van der Waals surface area contributed by atoms with Gasteiger partial charge in [-0.1, -0.05) is 0 Å². The molecule has 0 amide bonds. The Hall–Kier alpha value is -1.50. The molecule has 1 fully saturated rings. The molecule has 7 nitrogen and oxygen atoms in total. The summed E-state index contributed by atoms with van der Waals surface area (Å²) >= 11 is 0.750. The summed E-state index contributed by atoms with van der Waals surface area (Å²) in [6.45, 7) is -0.666. The predicted molar refractivity (Wildman–Crippen MR) is 78.8 cm³/mol. The first-order valence-corrected chi connectivity index (χ1v) is 7.85. The number of rotatable bonds is 5. The summed E-state index contributed by atoms with van der Waals surface area (Å²) in [7, 11) is 0. The van der Waals surface area contributed by atoms with Gasteiger partial charge in [0.05, 0.1) is 12.2 Å². The number of thiophene rings is 1. The van der Waals surface area contributed by atoms with Gasteiger partial charge in [-0.15, -0.1) is 11.3 Å². The topological polar surface area (TPSA) is 116 Å². The lowest BCUT2D eigenvalue weighted by Crippen LogP contribution is -2.60. The number of carbonyl (C=O) groups is 1.